The molecule has 0 bridgehead atoms. The molecule has 9 nitrogen and oxygen atoms in total. The van der Waals surface area contributed by atoms with E-state index in [4.69, 9.17) is 9.47 Å². The van der Waals surface area contributed by atoms with Crippen LogP contribution in [0.15, 0.2) is 49.2 Å². The normalized spacial score (nSPS) is 20.3. The predicted octanol–water partition coefficient (Wildman–Crippen LogP) is 3.07. The summed E-state index contributed by atoms with van der Waals surface area (Å²) in [6, 6.07) is 7.76. The highest BCUT2D eigenvalue weighted by Gasteiger charge is 2.40. The van der Waals surface area contributed by atoms with Gasteiger partial charge in [0.05, 0.1) is 35.7 Å². The van der Waals surface area contributed by atoms with Crippen LogP contribution in [-0.4, -0.2) is 52.6 Å². The quantitative estimate of drug-likeness (QED) is 0.472. The molecule has 3 aromatic rings. The molecule has 1 saturated heterocycles. The smallest absolute Gasteiger partial charge is 0.230 e. The van der Waals surface area contributed by atoms with E-state index >= 15 is 0 Å². The third-order valence-corrected chi connectivity index (χ3v) is 5.26. The SMILES string of the molecule is C=CCNc1nccc(-c2[nH]c(C3OCC(C)(C(=O)NC)CO3)nc2-c2ccc(F)cc2)n1. The van der Waals surface area contributed by atoms with Gasteiger partial charge < -0.3 is 25.1 Å². The fourth-order valence-electron chi connectivity index (χ4n) is 3.45. The van der Waals surface area contributed by atoms with Crippen LogP contribution in [0.4, 0.5) is 10.3 Å². The number of rotatable bonds is 7. The van der Waals surface area contributed by atoms with Gasteiger partial charge in [-0.25, -0.2) is 19.3 Å². The number of halogens is 1. The molecule has 1 aliphatic rings. The highest BCUT2D eigenvalue weighted by molar-refractivity contribution is 5.82. The maximum Gasteiger partial charge on any atom is 0.230 e. The third kappa shape index (κ3) is 4.76. The average Bonchev–Trinajstić information content (AvgIpc) is 3.28. The summed E-state index contributed by atoms with van der Waals surface area (Å²) >= 11 is 0. The molecule has 0 atom stereocenters. The Morgan fingerprint density at radius 3 is 2.67 bits per heavy atom. The van der Waals surface area contributed by atoms with Crippen molar-refractivity contribution in [3.8, 4) is 22.6 Å². The van der Waals surface area contributed by atoms with E-state index < -0.39 is 11.7 Å². The van der Waals surface area contributed by atoms with Gasteiger partial charge in [-0.15, -0.1) is 6.58 Å². The van der Waals surface area contributed by atoms with Crippen LogP contribution in [0.2, 0.25) is 0 Å². The van der Waals surface area contributed by atoms with E-state index in [0.29, 0.717) is 41.0 Å². The summed E-state index contributed by atoms with van der Waals surface area (Å²) in [7, 11) is 1.58. The van der Waals surface area contributed by atoms with Gasteiger partial charge in [0.25, 0.3) is 0 Å². The van der Waals surface area contributed by atoms with Gasteiger partial charge in [-0.2, -0.15) is 0 Å². The Balaban J connectivity index is 1.69. The summed E-state index contributed by atoms with van der Waals surface area (Å²) in [5, 5.41) is 5.69. The number of nitrogens with one attached hydrogen (secondary N) is 3. The maximum atomic E-state index is 13.5. The minimum absolute atomic E-state index is 0.159. The molecule has 4 rings (SSSR count). The lowest BCUT2D eigenvalue weighted by atomic mass is 9.91. The third-order valence-electron chi connectivity index (χ3n) is 5.26. The molecule has 1 aromatic carbocycles. The van der Waals surface area contributed by atoms with Gasteiger partial charge in [-0.3, -0.25) is 4.79 Å². The molecular formula is C23H25FN6O3. The lowest BCUT2D eigenvalue weighted by Crippen LogP contribution is -2.47. The van der Waals surface area contributed by atoms with Crippen LogP contribution in [0.1, 0.15) is 19.0 Å². The van der Waals surface area contributed by atoms with Gasteiger partial charge in [0, 0.05) is 25.4 Å². The summed E-state index contributed by atoms with van der Waals surface area (Å²) in [6.07, 6.45) is 2.54. The zero-order valence-electron chi connectivity index (χ0n) is 18.4. The Morgan fingerprint density at radius 1 is 1.27 bits per heavy atom. The Morgan fingerprint density at radius 2 is 2.00 bits per heavy atom. The number of hydrogen-bond acceptors (Lipinski definition) is 7. The maximum absolute atomic E-state index is 13.5. The van der Waals surface area contributed by atoms with E-state index in [1.807, 2.05) is 0 Å². The second-order valence-electron chi connectivity index (χ2n) is 7.88. The van der Waals surface area contributed by atoms with Crippen LogP contribution in [0.3, 0.4) is 0 Å². The molecule has 0 saturated carbocycles. The molecule has 10 heteroatoms. The minimum Gasteiger partial charge on any atom is -0.359 e. The summed E-state index contributed by atoms with van der Waals surface area (Å²) in [6.45, 7) is 6.31. The van der Waals surface area contributed by atoms with Crippen molar-refractivity contribution in [3.63, 3.8) is 0 Å². The van der Waals surface area contributed by atoms with Gasteiger partial charge >= 0.3 is 0 Å². The minimum atomic E-state index is -0.795. The van der Waals surface area contributed by atoms with Crippen molar-refractivity contribution >= 4 is 11.9 Å². The van der Waals surface area contributed by atoms with Crippen LogP contribution < -0.4 is 10.6 Å². The van der Waals surface area contributed by atoms with E-state index in [-0.39, 0.29) is 24.9 Å². The van der Waals surface area contributed by atoms with Crippen molar-refractivity contribution in [3.05, 3.63) is 60.8 Å². The van der Waals surface area contributed by atoms with Gasteiger partial charge in [-0.05, 0) is 37.3 Å². The number of carbonyl (C=O) groups is 1. The second-order valence-corrected chi connectivity index (χ2v) is 7.88. The van der Waals surface area contributed by atoms with Crippen LogP contribution in [-0.2, 0) is 14.3 Å². The standard InChI is InChI=1S/C23H25FN6O3/c1-4-10-26-22-27-11-9-16(28-22)18-17(14-5-7-15(24)8-6-14)29-19(30-18)20-32-12-23(2,13-33-20)21(31)25-3/h4-9,11,20H,1,10,12-13H2,2-3H3,(H,25,31)(H,29,30)(H,26,27,28). The van der Waals surface area contributed by atoms with Gasteiger partial charge in [-0.1, -0.05) is 6.08 Å². The van der Waals surface area contributed by atoms with Gasteiger partial charge in [0.1, 0.15) is 5.82 Å². The summed E-state index contributed by atoms with van der Waals surface area (Å²) in [4.78, 5) is 28.8. The first-order valence-electron chi connectivity index (χ1n) is 10.4. The lowest BCUT2D eigenvalue weighted by molar-refractivity contribution is -0.230. The number of aromatic amines is 1. The molecule has 0 radical (unpaired) electrons. The first-order chi connectivity index (χ1) is 15.9. The van der Waals surface area contributed by atoms with Gasteiger partial charge in [0.2, 0.25) is 18.1 Å². The zero-order chi connectivity index (χ0) is 23.4. The van der Waals surface area contributed by atoms with Crippen LogP contribution >= 0.6 is 0 Å². The van der Waals surface area contributed by atoms with Crippen LogP contribution in [0, 0.1) is 11.2 Å². The van der Waals surface area contributed by atoms with E-state index in [9.17, 15) is 9.18 Å². The zero-order valence-corrected chi connectivity index (χ0v) is 18.4. The fourth-order valence-corrected chi connectivity index (χ4v) is 3.45. The number of nitrogens with zero attached hydrogens (tertiary/aromatic N) is 3. The largest absolute Gasteiger partial charge is 0.359 e. The molecular weight excluding hydrogens is 427 g/mol. The molecule has 0 unspecified atom stereocenters. The molecule has 0 aliphatic carbocycles. The second kappa shape index (κ2) is 9.47. The average molecular weight is 452 g/mol. The lowest BCUT2D eigenvalue weighted by Gasteiger charge is -2.34. The predicted molar refractivity (Wildman–Crippen MR) is 121 cm³/mol. The van der Waals surface area contributed by atoms with Crippen molar-refractivity contribution in [1.29, 1.82) is 0 Å². The number of ether oxygens (including phenoxy) is 2. The Hall–Kier alpha value is -3.63. The van der Waals surface area contributed by atoms with Gasteiger partial charge in [0.15, 0.2) is 5.82 Å². The highest BCUT2D eigenvalue weighted by atomic mass is 19.1. The summed E-state index contributed by atoms with van der Waals surface area (Å²) in [5.41, 5.74) is 1.65. The van der Waals surface area contributed by atoms with Crippen molar-refractivity contribution < 1.29 is 18.7 Å². The van der Waals surface area contributed by atoms with Crippen molar-refractivity contribution in [2.75, 3.05) is 32.1 Å². The molecule has 1 amide bonds. The Labute approximate surface area is 190 Å². The van der Waals surface area contributed by atoms with Crippen molar-refractivity contribution in [2.24, 2.45) is 5.41 Å². The first kappa shape index (κ1) is 22.6. The van der Waals surface area contributed by atoms with E-state index in [1.165, 1.54) is 12.1 Å². The Kier molecular flexibility index (Phi) is 6.47. The fraction of sp³-hybridized carbons (Fsp3) is 0.304. The first-order valence-corrected chi connectivity index (χ1v) is 10.4. The number of benzene rings is 1. The molecule has 172 valence electrons. The molecule has 33 heavy (non-hydrogen) atoms. The van der Waals surface area contributed by atoms with Crippen molar-refractivity contribution in [1.82, 2.24) is 25.3 Å². The van der Waals surface area contributed by atoms with Crippen molar-refractivity contribution in [2.45, 2.75) is 13.2 Å². The number of hydrogen-bond donors (Lipinski definition) is 3. The number of amides is 1. The summed E-state index contributed by atoms with van der Waals surface area (Å²) in [5.74, 6) is 0.345. The number of H-pyrrole nitrogens is 1. The number of aromatic nitrogens is 4. The number of carbonyl (C=O) groups excluding carboxylic acids is 1. The molecule has 1 aliphatic heterocycles. The number of anilines is 1. The monoisotopic (exact) mass is 452 g/mol. The van der Waals surface area contributed by atoms with Crippen LogP contribution in [0.25, 0.3) is 22.6 Å². The topological polar surface area (TPSA) is 114 Å². The highest BCUT2D eigenvalue weighted by Crippen LogP contribution is 2.35. The molecule has 3 heterocycles. The molecule has 0 spiro atoms. The molecule has 3 N–H and O–H groups in total. The van der Waals surface area contributed by atoms with E-state index in [1.54, 1.807) is 44.4 Å². The summed E-state index contributed by atoms with van der Waals surface area (Å²) < 4.78 is 25.2. The van der Waals surface area contributed by atoms with Crippen LogP contribution in [0.5, 0.6) is 0 Å². The molecule has 1 fully saturated rings. The Bertz CT molecular complexity index is 1140. The van der Waals surface area contributed by atoms with E-state index in [2.05, 4.69) is 37.1 Å². The van der Waals surface area contributed by atoms with E-state index in [0.717, 1.165) is 0 Å². The molecule has 2 aromatic heterocycles. The number of imidazole rings is 1.